The van der Waals surface area contributed by atoms with Crippen LogP contribution in [0.2, 0.25) is 0 Å². The van der Waals surface area contributed by atoms with Crippen LogP contribution in [0.15, 0.2) is 194 Å². The zero-order valence-electron chi connectivity index (χ0n) is 32.3. The number of aromatic nitrogens is 2. The average Bonchev–Trinajstić information content (AvgIpc) is 3.25. The molecule has 0 radical (unpaired) electrons. The van der Waals surface area contributed by atoms with E-state index in [2.05, 4.69) is 232 Å². The molecule has 6 aromatic carbocycles. The summed E-state index contributed by atoms with van der Waals surface area (Å²) in [6, 6.07) is 69.2. The second kappa shape index (κ2) is 14.1. The van der Waals surface area contributed by atoms with Gasteiger partial charge in [0.2, 0.25) is 0 Å². The van der Waals surface area contributed by atoms with Crippen LogP contribution in [0.5, 0.6) is 0 Å². The SMILES string of the molecule is CC1(C)c2cccc(c2)-c2cc(N(c3ccccc3)c3ccccc3)cc(n2)C(C)(C)c2cc(N(c3ccccc3)c3ccccc3)cc(n2)-c2cccc1c2. The van der Waals surface area contributed by atoms with E-state index in [1.165, 1.54) is 11.1 Å². The Balaban J connectivity index is 1.35. The zero-order chi connectivity index (χ0) is 38.3. The van der Waals surface area contributed by atoms with Crippen molar-refractivity contribution in [3.05, 3.63) is 217 Å². The summed E-state index contributed by atoms with van der Waals surface area (Å²) in [6.07, 6.45) is 0. The second-order valence-corrected chi connectivity index (χ2v) is 15.6. The largest absolute Gasteiger partial charge is 0.310 e. The van der Waals surface area contributed by atoms with Gasteiger partial charge in [-0.3, -0.25) is 9.97 Å². The van der Waals surface area contributed by atoms with Crippen LogP contribution in [0.1, 0.15) is 50.2 Å². The predicted octanol–water partition coefficient (Wildman–Crippen LogP) is 13.7. The number of fused-ring (bicyclic) bond motifs is 10. The van der Waals surface area contributed by atoms with Crippen LogP contribution in [-0.2, 0) is 10.8 Å². The molecule has 0 spiro atoms. The first kappa shape index (κ1) is 35.0. The van der Waals surface area contributed by atoms with Crippen molar-refractivity contribution in [3.63, 3.8) is 0 Å². The van der Waals surface area contributed by atoms with Gasteiger partial charge in [-0.1, -0.05) is 123 Å². The zero-order valence-corrected chi connectivity index (χ0v) is 32.3. The molecule has 56 heavy (non-hydrogen) atoms. The molecule has 1 aliphatic heterocycles. The average molecular weight is 725 g/mol. The molecule has 272 valence electrons. The van der Waals surface area contributed by atoms with Crippen molar-refractivity contribution in [3.8, 4) is 22.5 Å². The van der Waals surface area contributed by atoms with Gasteiger partial charge in [0.05, 0.1) is 34.2 Å². The molecule has 2 aromatic heterocycles. The first-order valence-corrected chi connectivity index (χ1v) is 19.3. The second-order valence-electron chi connectivity index (χ2n) is 15.6. The van der Waals surface area contributed by atoms with Crippen LogP contribution in [0, 0.1) is 0 Å². The smallest absolute Gasteiger partial charge is 0.0726 e. The van der Waals surface area contributed by atoms with Gasteiger partial charge in [-0.15, -0.1) is 0 Å². The van der Waals surface area contributed by atoms with Crippen molar-refractivity contribution in [1.29, 1.82) is 0 Å². The lowest BCUT2D eigenvalue weighted by Crippen LogP contribution is -2.25. The summed E-state index contributed by atoms with van der Waals surface area (Å²) in [6.45, 7) is 9.13. The highest BCUT2D eigenvalue weighted by Crippen LogP contribution is 2.44. The van der Waals surface area contributed by atoms with E-state index in [4.69, 9.17) is 9.97 Å². The third kappa shape index (κ3) is 6.43. The van der Waals surface area contributed by atoms with E-state index in [1.807, 2.05) is 0 Å². The fourth-order valence-electron chi connectivity index (χ4n) is 7.86. The minimum Gasteiger partial charge on any atom is -0.310 e. The van der Waals surface area contributed by atoms with E-state index in [1.54, 1.807) is 0 Å². The number of hydrogen-bond acceptors (Lipinski definition) is 4. The van der Waals surface area contributed by atoms with Crippen molar-refractivity contribution in [2.75, 3.05) is 9.80 Å². The first-order valence-electron chi connectivity index (χ1n) is 19.3. The molecule has 8 aromatic rings. The maximum absolute atomic E-state index is 5.56. The van der Waals surface area contributed by atoms with Crippen molar-refractivity contribution >= 4 is 34.1 Å². The Labute approximate surface area is 330 Å². The highest BCUT2D eigenvalue weighted by atomic mass is 15.2. The number of para-hydroxylation sites is 4. The van der Waals surface area contributed by atoms with E-state index < -0.39 is 5.41 Å². The van der Waals surface area contributed by atoms with E-state index in [0.717, 1.165) is 68.0 Å². The van der Waals surface area contributed by atoms with Crippen LogP contribution < -0.4 is 9.80 Å². The number of pyridine rings is 2. The maximum Gasteiger partial charge on any atom is 0.0726 e. The normalized spacial score (nSPS) is 13.6. The molecule has 0 unspecified atom stereocenters. The summed E-state index contributed by atoms with van der Waals surface area (Å²) in [5.41, 5.74) is 13.7. The monoisotopic (exact) mass is 724 g/mol. The third-order valence-corrected chi connectivity index (χ3v) is 11.2. The minimum absolute atomic E-state index is 0.295. The Morgan fingerprint density at radius 1 is 0.321 bits per heavy atom. The van der Waals surface area contributed by atoms with E-state index >= 15 is 0 Å². The van der Waals surface area contributed by atoms with Gasteiger partial charge in [-0.2, -0.15) is 0 Å². The summed E-state index contributed by atoms with van der Waals surface area (Å²) in [7, 11) is 0. The highest BCUT2D eigenvalue weighted by molar-refractivity contribution is 5.82. The summed E-state index contributed by atoms with van der Waals surface area (Å²) in [5, 5.41) is 0. The standard InChI is InChI=1S/C52H44N4/c1-51(2)39-21-17-19-37(31-39)47-33-45(55(41-23-9-5-10-24-41)42-25-11-6-12-26-42)35-49(53-47)52(3,4)50-36-46(34-48(54-50)38-20-18-22-40(51)32-38)56(43-27-13-7-14-28-43)44-29-15-8-16-30-44/h5-36H,1-4H3. The molecule has 3 heterocycles. The molecule has 1 aliphatic rings. The number of nitrogens with zero attached hydrogens (tertiary/aromatic N) is 4. The van der Waals surface area contributed by atoms with Crippen LogP contribution in [0.4, 0.5) is 34.1 Å². The topological polar surface area (TPSA) is 32.3 Å². The van der Waals surface area contributed by atoms with Crippen LogP contribution in [0.25, 0.3) is 22.5 Å². The van der Waals surface area contributed by atoms with Gasteiger partial charge in [0, 0.05) is 44.7 Å². The maximum atomic E-state index is 5.56. The molecule has 0 atom stereocenters. The Morgan fingerprint density at radius 3 is 1.00 bits per heavy atom. The number of anilines is 6. The summed E-state index contributed by atoms with van der Waals surface area (Å²) in [5.74, 6) is 0. The molecule has 0 N–H and O–H groups in total. The number of rotatable bonds is 6. The lowest BCUT2D eigenvalue weighted by Gasteiger charge is -2.32. The van der Waals surface area contributed by atoms with Crippen molar-refractivity contribution in [1.82, 2.24) is 9.97 Å². The molecule has 0 saturated carbocycles. The molecule has 0 amide bonds. The molecule has 0 saturated heterocycles. The van der Waals surface area contributed by atoms with Crippen molar-refractivity contribution < 1.29 is 0 Å². The summed E-state index contributed by atoms with van der Waals surface area (Å²) < 4.78 is 0. The van der Waals surface area contributed by atoms with Gasteiger partial charge in [0.25, 0.3) is 0 Å². The Morgan fingerprint density at radius 2 is 0.661 bits per heavy atom. The quantitative estimate of drug-likeness (QED) is 0.171. The molecule has 9 rings (SSSR count). The summed E-state index contributed by atoms with van der Waals surface area (Å²) in [4.78, 5) is 15.8. The third-order valence-electron chi connectivity index (χ3n) is 11.2. The van der Waals surface area contributed by atoms with Crippen molar-refractivity contribution in [2.24, 2.45) is 0 Å². The Hall–Kier alpha value is -6.78. The first-order chi connectivity index (χ1) is 27.3. The highest BCUT2D eigenvalue weighted by Gasteiger charge is 2.32. The van der Waals surface area contributed by atoms with E-state index in [-0.39, 0.29) is 5.41 Å². The fourth-order valence-corrected chi connectivity index (χ4v) is 7.86. The van der Waals surface area contributed by atoms with E-state index in [0.29, 0.717) is 0 Å². The van der Waals surface area contributed by atoms with Gasteiger partial charge >= 0.3 is 0 Å². The van der Waals surface area contributed by atoms with Crippen LogP contribution >= 0.6 is 0 Å². The van der Waals surface area contributed by atoms with Crippen molar-refractivity contribution in [2.45, 2.75) is 38.5 Å². The summed E-state index contributed by atoms with van der Waals surface area (Å²) >= 11 is 0. The molecule has 4 heteroatoms. The number of benzene rings is 6. The van der Waals surface area contributed by atoms with Gasteiger partial charge in [0.1, 0.15) is 0 Å². The molecular formula is C52H44N4. The minimum atomic E-state index is -0.619. The lowest BCUT2D eigenvalue weighted by atomic mass is 9.76. The van der Waals surface area contributed by atoms with Gasteiger partial charge in [-0.25, -0.2) is 0 Å². The molecule has 4 nitrogen and oxygen atoms in total. The van der Waals surface area contributed by atoms with Gasteiger partial charge in [-0.05, 0) is 110 Å². The molecule has 0 fully saturated rings. The van der Waals surface area contributed by atoms with Crippen LogP contribution in [-0.4, -0.2) is 9.97 Å². The molecule has 0 aliphatic carbocycles. The fraction of sp³-hybridized carbons (Fsp3) is 0.115. The molecular weight excluding hydrogens is 681 g/mol. The lowest BCUT2D eigenvalue weighted by molar-refractivity contribution is 0.596. The number of hydrogen-bond donors (Lipinski definition) is 0. The van der Waals surface area contributed by atoms with Gasteiger partial charge in [0.15, 0.2) is 0 Å². The van der Waals surface area contributed by atoms with E-state index in [9.17, 15) is 0 Å². The Bertz CT molecular complexity index is 2370. The van der Waals surface area contributed by atoms with Crippen LogP contribution in [0.3, 0.4) is 0 Å². The Kier molecular flexibility index (Phi) is 8.82. The molecule has 8 bridgehead atoms. The predicted molar refractivity (Wildman–Crippen MR) is 233 cm³/mol. The van der Waals surface area contributed by atoms with Gasteiger partial charge < -0.3 is 9.80 Å².